The van der Waals surface area contributed by atoms with E-state index in [2.05, 4.69) is 25.8 Å². The molecule has 4 rings (SSSR count). The Hall–Kier alpha value is -2.98. The van der Waals surface area contributed by atoms with Gasteiger partial charge in [0, 0.05) is 5.02 Å². The zero-order chi connectivity index (χ0) is 19.0. The number of carbonyl (C=O) groups is 1. The standard InChI is InChI=1S/C16H17ClN8O2/c1-10-15-16(27)23(9-19-24(15)8-18-10)7-14-20-22-25(21-14)6-13(26)11-2-4-12(17)5-3-11/h2-5,8,13,19,26H,6-7,9H2,1H3/t13-/m0/s1. The van der Waals surface area contributed by atoms with E-state index in [9.17, 15) is 9.90 Å². The Morgan fingerprint density at radius 3 is 2.89 bits per heavy atom. The first-order valence-electron chi connectivity index (χ1n) is 8.28. The molecule has 1 aliphatic heterocycles. The van der Waals surface area contributed by atoms with E-state index < -0.39 is 6.10 Å². The third-order valence-electron chi connectivity index (χ3n) is 4.29. The van der Waals surface area contributed by atoms with Gasteiger partial charge in [0.25, 0.3) is 5.91 Å². The topological polar surface area (TPSA) is 114 Å². The van der Waals surface area contributed by atoms with Gasteiger partial charge in [-0.2, -0.15) is 4.80 Å². The monoisotopic (exact) mass is 388 g/mol. The minimum absolute atomic E-state index is 0.146. The molecule has 0 unspecified atom stereocenters. The number of benzene rings is 1. The Kier molecular flexibility index (Phi) is 4.50. The number of aliphatic hydroxyl groups excluding tert-OH is 1. The number of halogens is 1. The molecule has 0 aliphatic carbocycles. The van der Waals surface area contributed by atoms with E-state index >= 15 is 0 Å². The summed E-state index contributed by atoms with van der Waals surface area (Å²) in [6.07, 6.45) is 0.784. The summed E-state index contributed by atoms with van der Waals surface area (Å²) in [5, 5.41) is 23.1. The summed E-state index contributed by atoms with van der Waals surface area (Å²) in [6.45, 7) is 2.44. The van der Waals surface area contributed by atoms with E-state index in [1.807, 2.05) is 0 Å². The molecule has 0 spiro atoms. The maximum Gasteiger partial charge on any atom is 0.276 e. The number of nitrogens with zero attached hydrogens (tertiary/aromatic N) is 7. The number of carbonyl (C=O) groups excluding carboxylic acids is 1. The van der Waals surface area contributed by atoms with Crippen LogP contribution in [0.4, 0.5) is 0 Å². The Bertz CT molecular complexity index is 967. The summed E-state index contributed by atoms with van der Waals surface area (Å²) in [5.41, 5.74) is 4.93. The summed E-state index contributed by atoms with van der Waals surface area (Å²) in [5.74, 6) is 0.236. The van der Waals surface area contributed by atoms with Crippen LogP contribution in [0.15, 0.2) is 30.6 Å². The van der Waals surface area contributed by atoms with Crippen LogP contribution in [-0.2, 0) is 13.1 Å². The van der Waals surface area contributed by atoms with E-state index in [4.69, 9.17) is 11.6 Å². The van der Waals surface area contributed by atoms with Crippen molar-refractivity contribution in [3.05, 3.63) is 58.4 Å². The van der Waals surface area contributed by atoms with Crippen LogP contribution in [0.25, 0.3) is 0 Å². The molecule has 3 heterocycles. The van der Waals surface area contributed by atoms with Gasteiger partial charge in [0.2, 0.25) is 0 Å². The van der Waals surface area contributed by atoms with Crippen LogP contribution in [-0.4, -0.2) is 52.4 Å². The van der Waals surface area contributed by atoms with Crippen molar-refractivity contribution >= 4 is 17.5 Å². The molecule has 0 bridgehead atoms. The predicted molar refractivity (Wildman–Crippen MR) is 95.3 cm³/mol. The van der Waals surface area contributed by atoms with Gasteiger partial charge < -0.3 is 15.4 Å². The lowest BCUT2D eigenvalue weighted by molar-refractivity contribution is 0.0710. The Labute approximate surface area is 159 Å². The zero-order valence-corrected chi connectivity index (χ0v) is 15.2. The van der Waals surface area contributed by atoms with Gasteiger partial charge in [-0.05, 0) is 29.8 Å². The fourth-order valence-electron chi connectivity index (χ4n) is 2.86. The van der Waals surface area contributed by atoms with Crippen molar-refractivity contribution in [3.8, 4) is 0 Å². The maximum atomic E-state index is 12.6. The van der Waals surface area contributed by atoms with Gasteiger partial charge in [0.1, 0.15) is 24.8 Å². The van der Waals surface area contributed by atoms with Crippen molar-refractivity contribution in [2.45, 2.75) is 26.1 Å². The van der Waals surface area contributed by atoms with Crippen LogP contribution < -0.4 is 5.43 Å². The number of nitrogens with one attached hydrogen (secondary N) is 1. The molecule has 3 aromatic rings. The largest absolute Gasteiger partial charge is 0.386 e. The lowest BCUT2D eigenvalue weighted by Gasteiger charge is -2.28. The molecule has 1 aliphatic rings. The minimum atomic E-state index is -0.792. The van der Waals surface area contributed by atoms with Crippen molar-refractivity contribution in [1.29, 1.82) is 0 Å². The number of imidazole rings is 1. The summed E-state index contributed by atoms with van der Waals surface area (Å²) in [4.78, 5) is 19.6. The lowest BCUT2D eigenvalue weighted by atomic mass is 10.1. The first-order valence-corrected chi connectivity index (χ1v) is 8.66. The third-order valence-corrected chi connectivity index (χ3v) is 4.54. The van der Waals surface area contributed by atoms with Crippen LogP contribution >= 0.6 is 11.6 Å². The molecule has 2 N–H and O–H groups in total. The molecule has 27 heavy (non-hydrogen) atoms. The molecule has 0 saturated carbocycles. The molecule has 1 amide bonds. The van der Waals surface area contributed by atoms with Crippen molar-refractivity contribution in [2.75, 3.05) is 12.1 Å². The number of tetrazole rings is 1. The molecule has 1 atom stereocenters. The second-order valence-electron chi connectivity index (χ2n) is 6.20. The zero-order valence-electron chi connectivity index (χ0n) is 14.4. The summed E-state index contributed by atoms with van der Waals surface area (Å²) in [6, 6.07) is 6.91. The van der Waals surface area contributed by atoms with E-state index in [0.717, 1.165) is 0 Å². The molecule has 10 nitrogen and oxygen atoms in total. The highest BCUT2D eigenvalue weighted by Crippen LogP contribution is 2.18. The fourth-order valence-corrected chi connectivity index (χ4v) is 2.98. The second-order valence-corrected chi connectivity index (χ2v) is 6.63. The first-order chi connectivity index (χ1) is 13.0. The lowest BCUT2D eigenvalue weighted by Crippen LogP contribution is -2.44. The van der Waals surface area contributed by atoms with E-state index in [-0.39, 0.29) is 19.0 Å². The molecule has 0 saturated heterocycles. The van der Waals surface area contributed by atoms with Crippen LogP contribution in [0.1, 0.15) is 33.7 Å². The van der Waals surface area contributed by atoms with Gasteiger partial charge in [-0.3, -0.25) is 4.79 Å². The molecule has 140 valence electrons. The Balaban J connectivity index is 1.42. The smallest absolute Gasteiger partial charge is 0.276 e. The number of rotatable bonds is 5. The number of hydrogen-bond acceptors (Lipinski definition) is 7. The summed E-state index contributed by atoms with van der Waals surface area (Å²) < 4.78 is 1.61. The number of aromatic nitrogens is 6. The fraction of sp³-hybridized carbons (Fsp3) is 0.312. The summed E-state index contributed by atoms with van der Waals surface area (Å²) in [7, 11) is 0. The third kappa shape index (κ3) is 3.49. The number of fused-ring (bicyclic) bond motifs is 1. The van der Waals surface area contributed by atoms with Gasteiger partial charge in [-0.15, -0.1) is 10.2 Å². The number of aryl methyl sites for hydroxylation is 1. The SMILES string of the molecule is Cc1ncn2c1C(=O)N(Cc1nnn(C[C@H](O)c3ccc(Cl)cc3)n1)CN2. The van der Waals surface area contributed by atoms with Crippen molar-refractivity contribution in [2.24, 2.45) is 0 Å². The van der Waals surface area contributed by atoms with Crippen LogP contribution in [0, 0.1) is 6.92 Å². The van der Waals surface area contributed by atoms with Gasteiger partial charge in [0.05, 0.1) is 18.8 Å². The number of hydrogen-bond donors (Lipinski definition) is 2. The highest BCUT2D eigenvalue weighted by molar-refractivity contribution is 6.30. The number of amides is 1. The highest BCUT2D eigenvalue weighted by Gasteiger charge is 2.28. The van der Waals surface area contributed by atoms with Gasteiger partial charge in [-0.1, -0.05) is 23.7 Å². The van der Waals surface area contributed by atoms with Gasteiger partial charge >= 0.3 is 0 Å². The van der Waals surface area contributed by atoms with E-state index in [1.54, 1.807) is 47.1 Å². The average Bonchev–Trinajstić information content (AvgIpc) is 3.25. The molecule has 1 aromatic carbocycles. The average molecular weight is 389 g/mol. The highest BCUT2D eigenvalue weighted by atomic mass is 35.5. The maximum absolute atomic E-state index is 12.6. The van der Waals surface area contributed by atoms with Crippen molar-refractivity contribution in [1.82, 2.24) is 34.8 Å². The second kappa shape index (κ2) is 6.97. The van der Waals surface area contributed by atoms with Gasteiger partial charge in [0.15, 0.2) is 5.82 Å². The summed E-state index contributed by atoms with van der Waals surface area (Å²) >= 11 is 5.85. The Morgan fingerprint density at radius 2 is 2.11 bits per heavy atom. The molecule has 0 fully saturated rings. The van der Waals surface area contributed by atoms with Crippen molar-refractivity contribution < 1.29 is 9.90 Å². The van der Waals surface area contributed by atoms with Gasteiger partial charge in [-0.25, -0.2) is 9.66 Å². The Morgan fingerprint density at radius 1 is 1.33 bits per heavy atom. The van der Waals surface area contributed by atoms with E-state index in [0.29, 0.717) is 34.5 Å². The van der Waals surface area contributed by atoms with Crippen LogP contribution in [0.2, 0.25) is 5.02 Å². The normalized spacial score (nSPS) is 14.8. The minimum Gasteiger partial charge on any atom is -0.386 e. The molecule has 0 radical (unpaired) electrons. The van der Waals surface area contributed by atoms with Crippen molar-refractivity contribution in [3.63, 3.8) is 0 Å². The molecule has 11 heteroatoms. The molecular formula is C16H17ClN8O2. The number of aliphatic hydroxyl groups is 1. The van der Waals surface area contributed by atoms with Crippen LogP contribution in [0.3, 0.4) is 0 Å². The van der Waals surface area contributed by atoms with E-state index in [1.165, 1.54) is 4.80 Å². The molecule has 2 aromatic heterocycles. The quantitative estimate of drug-likeness (QED) is 0.662. The molecular weight excluding hydrogens is 372 g/mol. The first kappa shape index (κ1) is 17.4. The predicted octanol–water partition coefficient (Wildman–Crippen LogP) is 0.722. The van der Waals surface area contributed by atoms with Crippen LogP contribution in [0.5, 0.6) is 0 Å².